The summed E-state index contributed by atoms with van der Waals surface area (Å²) in [7, 11) is 0. The molecule has 0 aliphatic carbocycles. The number of carbonyl (C=O) groups is 3. The van der Waals surface area contributed by atoms with E-state index in [4.69, 9.17) is 9.15 Å². The van der Waals surface area contributed by atoms with Gasteiger partial charge in [-0.3, -0.25) is 14.4 Å². The summed E-state index contributed by atoms with van der Waals surface area (Å²) in [5.41, 5.74) is 2.98. The fraction of sp³-hybridized carbons (Fsp3) is 0.364. The monoisotopic (exact) mass is 426 g/mol. The molecule has 2 aromatic rings. The molecule has 0 unspecified atom stereocenters. The van der Waals surface area contributed by atoms with Crippen LogP contribution in [-0.4, -0.2) is 48.5 Å². The Morgan fingerprint density at radius 3 is 2.48 bits per heavy atom. The van der Waals surface area contributed by atoms with Crippen LogP contribution in [-0.2, 0) is 20.9 Å². The fourth-order valence-electron chi connectivity index (χ4n) is 3.08. The van der Waals surface area contributed by atoms with Gasteiger partial charge in [0, 0.05) is 13.1 Å². The van der Waals surface area contributed by atoms with E-state index in [0.29, 0.717) is 36.7 Å². The van der Waals surface area contributed by atoms with Crippen molar-refractivity contribution >= 4 is 23.9 Å². The Balaban J connectivity index is 1.39. The van der Waals surface area contributed by atoms with Crippen molar-refractivity contribution in [2.45, 2.75) is 32.2 Å². The van der Waals surface area contributed by atoms with Gasteiger partial charge in [0.1, 0.15) is 11.5 Å². The molecule has 0 bridgehead atoms. The highest BCUT2D eigenvalue weighted by Gasteiger charge is 2.22. The number of nitrogens with one attached hydrogen (secondary N) is 2. The van der Waals surface area contributed by atoms with Crippen LogP contribution in [0.4, 0.5) is 0 Å². The van der Waals surface area contributed by atoms with Crippen LogP contribution in [0, 0.1) is 0 Å². The van der Waals surface area contributed by atoms with Gasteiger partial charge in [0.05, 0.1) is 19.0 Å². The molecule has 0 atom stereocenters. The number of hydrogen-bond donors (Lipinski definition) is 2. The Labute approximate surface area is 180 Å². The van der Waals surface area contributed by atoms with Crippen LogP contribution in [0.1, 0.15) is 37.0 Å². The van der Waals surface area contributed by atoms with Crippen LogP contribution < -0.4 is 15.5 Å². The number of nitrogens with zero attached hydrogens (tertiary/aromatic N) is 2. The lowest BCUT2D eigenvalue weighted by Crippen LogP contribution is -2.41. The van der Waals surface area contributed by atoms with Gasteiger partial charge in [-0.2, -0.15) is 5.10 Å². The number of hydrazone groups is 1. The van der Waals surface area contributed by atoms with Crippen LogP contribution in [0.15, 0.2) is 52.2 Å². The topological polar surface area (TPSA) is 113 Å². The molecule has 0 saturated carbocycles. The fourth-order valence-corrected chi connectivity index (χ4v) is 3.08. The average Bonchev–Trinajstić information content (AvgIpc) is 3.17. The number of carbonyl (C=O) groups excluding carboxylic acids is 3. The molecule has 0 radical (unpaired) electrons. The Kier molecular flexibility index (Phi) is 8.21. The van der Waals surface area contributed by atoms with Gasteiger partial charge < -0.3 is 19.4 Å². The van der Waals surface area contributed by atoms with Gasteiger partial charge in [-0.15, -0.1) is 0 Å². The lowest BCUT2D eigenvalue weighted by Gasteiger charge is -2.18. The summed E-state index contributed by atoms with van der Waals surface area (Å²) in [6.07, 6.45) is 6.98. The third kappa shape index (κ3) is 7.29. The first-order chi connectivity index (χ1) is 15.1. The molecule has 2 N–H and O–H groups in total. The summed E-state index contributed by atoms with van der Waals surface area (Å²) in [4.78, 5) is 37.5. The number of rotatable bonds is 7. The molecular weight excluding hydrogens is 400 g/mol. The lowest BCUT2D eigenvalue weighted by atomic mass is 10.2. The molecule has 1 aromatic carbocycles. The number of ether oxygens (including phenoxy) is 1. The molecule has 164 valence electrons. The second kappa shape index (κ2) is 11.5. The van der Waals surface area contributed by atoms with Crippen LogP contribution in [0.5, 0.6) is 5.75 Å². The summed E-state index contributed by atoms with van der Waals surface area (Å²) < 4.78 is 10.6. The summed E-state index contributed by atoms with van der Waals surface area (Å²) in [6.45, 7) is 1.40. The lowest BCUT2D eigenvalue weighted by molar-refractivity contribution is -0.145. The van der Waals surface area contributed by atoms with Gasteiger partial charge in [-0.1, -0.05) is 12.8 Å². The normalized spacial score (nSPS) is 14.1. The minimum Gasteiger partial charge on any atom is -0.484 e. The number of benzene rings is 1. The maximum absolute atomic E-state index is 12.2. The molecule has 31 heavy (non-hydrogen) atoms. The number of likely N-dealkylation sites (tertiary alicyclic amines) is 1. The SMILES string of the molecule is O=C(COc1ccc(/C=N\NC(=O)C(=O)N2CCCCCC2)cc1)NCc1ccco1. The highest BCUT2D eigenvalue weighted by molar-refractivity contribution is 6.35. The molecule has 9 heteroatoms. The van der Waals surface area contributed by atoms with Gasteiger partial charge in [-0.05, 0) is 54.8 Å². The van der Waals surface area contributed by atoms with Crippen LogP contribution >= 0.6 is 0 Å². The maximum Gasteiger partial charge on any atom is 0.329 e. The summed E-state index contributed by atoms with van der Waals surface area (Å²) in [6, 6.07) is 10.3. The van der Waals surface area contributed by atoms with Crippen molar-refractivity contribution in [2.24, 2.45) is 5.10 Å². The van der Waals surface area contributed by atoms with E-state index >= 15 is 0 Å². The molecule has 1 aliphatic heterocycles. The zero-order valence-electron chi connectivity index (χ0n) is 17.2. The quantitative estimate of drug-likeness (QED) is 0.398. The van der Waals surface area contributed by atoms with E-state index in [9.17, 15) is 14.4 Å². The van der Waals surface area contributed by atoms with E-state index in [1.807, 2.05) is 0 Å². The first kappa shape index (κ1) is 22.1. The van der Waals surface area contributed by atoms with Crippen LogP contribution in [0.3, 0.4) is 0 Å². The standard InChI is InChI=1S/C22H26N4O5/c27-20(23-15-19-6-5-13-30-19)16-31-18-9-7-17(8-10-18)14-24-25-21(28)22(29)26-11-3-1-2-4-12-26/h5-10,13-14H,1-4,11-12,15-16H2,(H,23,27)(H,25,28)/b24-14-. The van der Waals surface area contributed by atoms with E-state index in [-0.39, 0.29) is 12.5 Å². The molecule has 0 spiro atoms. The van der Waals surface area contributed by atoms with Crippen molar-refractivity contribution in [1.82, 2.24) is 15.6 Å². The maximum atomic E-state index is 12.2. The van der Waals surface area contributed by atoms with E-state index in [1.54, 1.807) is 47.6 Å². The Hall–Kier alpha value is -3.62. The Bertz CT molecular complexity index is 885. The van der Waals surface area contributed by atoms with E-state index in [1.165, 1.54) is 6.21 Å². The van der Waals surface area contributed by atoms with Crippen molar-refractivity contribution in [3.05, 3.63) is 54.0 Å². The van der Waals surface area contributed by atoms with Gasteiger partial charge in [0.25, 0.3) is 5.91 Å². The minimum absolute atomic E-state index is 0.122. The molecule has 1 fully saturated rings. The zero-order chi connectivity index (χ0) is 21.9. The van der Waals surface area contributed by atoms with Crippen molar-refractivity contribution in [2.75, 3.05) is 19.7 Å². The summed E-state index contributed by atoms with van der Waals surface area (Å²) >= 11 is 0. The molecule has 9 nitrogen and oxygen atoms in total. The molecule has 3 rings (SSSR count). The molecule has 1 saturated heterocycles. The van der Waals surface area contributed by atoms with Gasteiger partial charge in [-0.25, -0.2) is 5.43 Å². The predicted octanol–water partition coefficient (Wildman–Crippen LogP) is 1.83. The van der Waals surface area contributed by atoms with E-state index in [0.717, 1.165) is 25.7 Å². The number of amides is 3. The Morgan fingerprint density at radius 1 is 1.06 bits per heavy atom. The highest BCUT2D eigenvalue weighted by atomic mass is 16.5. The smallest absolute Gasteiger partial charge is 0.329 e. The second-order valence-corrected chi connectivity index (χ2v) is 7.12. The average molecular weight is 426 g/mol. The molecule has 3 amide bonds. The highest BCUT2D eigenvalue weighted by Crippen LogP contribution is 2.11. The van der Waals surface area contributed by atoms with E-state index in [2.05, 4.69) is 15.8 Å². The number of hydrogen-bond acceptors (Lipinski definition) is 6. The first-order valence-corrected chi connectivity index (χ1v) is 10.3. The summed E-state index contributed by atoms with van der Waals surface area (Å²) in [5, 5.41) is 6.54. The molecular formula is C22H26N4O5. The first-order valence-electron chi connectivity index (χ1n) is 10.3. The van der Waals surface area contributed by atoms with Crippen LogP contribution in [0.2, 0.25) is 0 Å². The van der Waals surface area contributed by atoms with Crippen LogP contribution in [0.25, 0.3) is 0 Å². The van der Waals surface area contributed by atoms with E-state index < -0.39 is 11.8 Å². The minimum atomic E-state index is -0.737. The molecule has 1 aromatic heterocycles. The molecule has 2 heterocycles. The Morgan fingerprint density at radius 2 is 1.81 bits per heavy atom. The summed E-state index contributed by atoms with van der Waals surface area (Å²) in [5.74, 6) is -0.367. The molecule has 1 aliphatic rings. The van der Waals surface area contributed by atoms with Gasteiger partial charge >= 0.3 is 11.8 Å². The largest absolute Gasteiger partial charge is 0.484 e. The van der Waals surface area contributed by atoms with Gasteiger partial charge in [0.15, 0.2) is 6.61 Å². The third-order valence-electron chi connectivity index (χ3n) is 4.76. The van der Waals surface area contributed by atoms with Crippen molar-refractivity contribution in [3.8, 4) is 5.75 Å². The van der Waals surface area contributed by atoms with Gasteiger partial charge in [0.2, 0.25) is 0 Å². The van der Waals surface area contributed by atoms with Crippen molar-refractivity contribution in [1.29, 1.82) is 0 Å². The predicted molar refractivity (Wildman–Crippen MR) is 113 cm³/mol. The third-order valence-corrected chi connectivity index (χ3v) is 4.76. The van der Waals surface area contributed by atoms with Crippen molar-refractivity contribution < 1.29 is 23.5 Å². The second-order valence-electron chi connectivity index (χ2n) is 7.12. The zero-order valence-corrected chi connectivity index (χ0v) is 17.2. The van der Waals surface area contributed by atoms with Crippen molar-refractivity contribution in [3.63, 3.8) is 0 Å². The number of furan rings is 1.